The van der Waals surface area contributed by atoms with Crippen LogP contribution in [0.2, 0.25) is 0 Å². The van der Waals surface area contributed by atoms with Crippen molar-refractivity contribution in [1.82, 2.24) is 15.6 Å². The minimum absolute atomic E-state index is 0.00326. The van der Waals surface area contributed by atoms with Crippen molar-refractivity contribution < 1.29 is 17.9 Å². The SMILES string of the molecule is CNC(=O)CC1(c2ccc(OCc3cc(C)nc4ccccc34)cc2)CNCCS1(=O)=O. The molecule has 2 N–H and O–H groups in total. The molecule has 3 aromatic rings. The van der Waals surface area contributed by atoms with E-state index in [0.717, 1.165) is 22.2 Å². The van der Waals surface area contributed by atoms with E-state index in [1.165, 1.54) is 7.05 Å². The molecule has 1 aliphatic heterocycles. The Labute approximate surface area is 188 Å². The van der Waals surface area contributed by atoms with E-state index in [0.29, 0.717) is 24.5 Å². The van der Waals surface area contributed by atoms with Gasteiger partial charge in [-0.05, 0) is 36.8 Å². The first-order chi connectivity index (χ1) is 15.3. The molecule has 2 heterocycles. The van der Waals surface area contributed by atoms with Crippen LogP contribution < -0.4 is 15.4 Å². The molecule has 1 amide bonds. The number of para-hydroxylation sites is 1. The maximum Gasteiger partial charge on any atom is 0.221 e. The molecule has 1 atom stereocenters. The Hall–Kier alpha value is -2.97. The molecule has 0 spiro atoms. The smallest absolute Gasteiger partial charge is 0.221 e. The molecular weight excluding hydrogens is 426 g/mol. The average molecular weight is 454 g/mol. The molecule has 2 aromatic carbocycles. The van der Waals surface area contributed by atoms with Gasteiger partial charge in [0.15, 0.2) is 9.84 Å². The zero-order valence-electron chi connectivity index (χ0n) is 18.2. The monoisotopic (exact) mass is 453 g/mol. The lowest BCUT2D eigenvalue weighted by Crippen LogP contribution is -2.54. The number of aromatic nitrogens is 1. The van der Waals surface area contributed by atoms with Crippen LogP contribution >= 0.6 is 0 Å². The largest absolute Gasteiger partial charge is 0.489 e. The maximum absolute atomic E-state index is 13.1. The number of benzene rings is 2. The third-order valence-corrected chi connectivity index (χ3v) is 8.44. The molecule has 7 nitrogen and oxygen atoms in total. The maximum atomic E-state index is 13.1. The highest BCUT2D eigenvalue weighted by Gasteiger charge is 2.48. The van der Waals surface area contributed by atoms with Crippen LogP contribution in [0.3, 0.4) is 0 Å². The van der Waals surface area contributed by atoms with Gasteiger partial charge in [0, 0.05) is 36.8 Å². The van der Waals surface area contributed by atoms with Crippen molar-refractivity contribution in [1.29, 1.82) is 0 Å². The van der Waals surface area contributed by atoms with Crippen molar-refractivity contribution in [2.24, 2.45) is 0 Å². The van der Waals surface area contributed by atoms with E-state index in [9.17, 15) is 13.2 Å². The summed E-state index contributed by atoms with van der Waals surface area (Å²) in [6, 6.07) is 17.0. The summed E-state index contributed by atoms with van der Waals surface area (Å²) >= 11 is 0. The van der Waals surface area contributed by atoms with E-state index in [1.54, 1.807) is 24.3 Å². The molecule has 1 saturated heterocycles. The van der Waals surface area contributed by atoms with Crippen molar-refractivity contribution in [3.05, 3.63) is 71.4 Å². The van der Waals surface area contributed by atoms with Gasteiger partial charge < -0.3 is 15.4 Å². The Bertz CT molecular complexity index is 1240. The second-order valence-corrected chi connectivity index (χ2v) is 10.5. The minimum atomic E-state index is -3.51. The molecule has 1 aliphatic rings. The summed E-state index contributed by atoms with van der Waals surface area (Å²) in [5, 5.41) is 6.74. The van der Waals surface area contributed by atoms with Gasteiger partial charge in [-0.3, -0.25) is 9.78 Å². The second kappa shape index (κ2) is 8.88. The number of nitrogens with zero attached hydrogens (tertiary/aromatic N) is 1. The molecule has 0 saturated carbocycles. The normalized spacial score (nSPS) is 20.1. The van der Waals surface area contributed by atoms with Gasteiger partial charge in [-0.15, -0.1) is 0 Å². The number of nitrogens with one attached hydrogen (secondary N) is 2. The summed E-state index contributed by atoms with van der Waals surface area (Å²) in [6.07, 6.45) is -0.124. The number of aryl methyl sites for hydroxylation is 1. The third-order valence-electron chi connectivity index (χ3n) is 5.98. The summed E-state index contributed by atoms with van der Waals surface area (Å²) < 4.78 is 30.8. The molecule has 1 aromatic heterocycles. The Morgan fingerprint density at radius 1 is 1.19 bits per heavy atom. The highest BCUT2D eigenvalue weighted by molar-refractivity contribution is 7.92. The van der Waals surface area contributed by atoms with Gasteiger partial charge in [-0.2, -0.15) is 0 Å². The zero-order chi connectivity index (χ0) is 22.8. The van der Waals surface area contributed by atoms with Gasteiger partial charge in [0.1, 0.15) is 17.1 Å². The molecule has 8 heteroatoms. The van der Waals surface area contributed by atoms with E-state index < -0.39 is 14.6 Å². The average Bonchev–Trinajstić information content (AvgIpc) is 2.79. The van der Waals surface area contributed by atoms with Crippen LogP contribution in [-0.2, 0) is 26.0 Å². The number of pyridine rings is 1. The molecule has 0 radical (unpaired) electrons. The summed E-state index contributed by atoms with van der Waals surface area (Å²) in [5.41, 5.74) is 3.47. The van der Waals surface area contributed by atoms with Crippen LogP contribution in [-0.4, -0.2) is 45.2 Å². The Kier molecular flexibility index (Phi) is 6.17. The standard InChI is InChI=1S/C24H27N3O4S/c1-17-13-18(21-5-3-4-6-22(21)27-17)15-31-20-9-7-19(8-10-20)24(14-23(28)25-2)16-26-11-12-32(24,29)30/h3-10,13,26H,11-12,14-16H2,1-2H3,(H,25,28). The lowest BCUT2D eigenvalue weighted by molar-refractivity contribution is -0.121. The number of carbonyl (C=O) groups is 1. The van der Waals surface area contributed by atoms with E-state index in [-0.39, 0.29) is 24.6 Å². The topological polar surface area (TPSA) is 97.4 Å². The molecule has 4 rings (SSSR count). The van der Waals surface area contributed by atoms with E-state index in [2.05, 4.69) is 15.6 Å². The summed E-state index contributed by atoms with van der Waals surface area (Å²) in [7, 11) is -2.00. The molecule has 1 unspecified atom stereocenters. The van der Waals surface area contributed by atoms with Crippen molar-refractivity contribution in [3.63, 3.8) is 0 Å². The first-order valence-corrected chi connectivity index (χ1v) is 12.2. The minimum Gasteiger partial charge on any atom is -0.489 e. The van der Waals surface area contributed by atoms with Gasteiger partial charge in [-0.1, -0.05) is 30.3 Å². The summed E-state index contributed by atoms with van der Waals surface area (Å²) in [4.78, 5) is 16.7. The fraction of sp³-hybridized carbons (Fsp3) is 0.333. The quantitative estimate of drug-likeness (QED) is 0.595. The van der Waals surface area contributed by atoms with Gasteiger partial charge in [0.2, 0.25) is 5.91 Å². The van der Waals surface area contributed by atoms with Gasteiger partial charge >= 0.3 is 0 Å². The van der Waals surface area contributed by atoms with Crippen molar-refractivity contribution >= 4 is 26.6 Å². The molecule has 0 aliphatic carbocycles. The predicted octanol–water partition coefficient (Wildman–Crippen LogP) is 2.47. The first kappa shape index (κ1) is 22.2. The van der Waals surface area contributed by atoms with Crippen LogP contribution in [0.15, 0.2) is 54.6 Å². The fourth-order valence-corrected chi connectivity index (χ4v) is 6.21. The van der Waals surface area contributed by atoms with Crippen LogP contribution in [0, 0.1) is 6.92 Å². The zero-order valence-corrected chi connectivity index (χ0v) is 19.0. The molecular formula is C24H27N3O4S. The number of ether oxygens (including phenoxy) is 1. The van der Waals surface area contributed by atoms with Crippen LogP contribution in [0.5, 0.6) is 5.75 Å². The number of fused-ring (bicyclic) bond motifs is 1. The predicted molar refractivity (Wildman–Crippen MR) is 124 cm³/mol. The van der Waals surface area contributed by atoms with Crippen LogP contribution in [0.4, 0.5) is 0 Å². The lowest BCUT2D eigenvalue weighted by atomic mass is 9.93. The van der Waals surface area contributed by atoms with Crippen molar-refractivity contribution in [2.45, 2.75) is 24.7 Å². The molecule has 1 fully saturated rings. The number of hydrogen-bond donors (Lipinski definition) is 2. The highest BCUT2D eigenvalue weighted by Crippen LogP contribution is 2.37. The van der Waals surface area contributed by atoms with Crippen LogP contribution in [0.1, 0.15) is 23.2 Å². The van der Waals surface area contributed by atoms with E-state index in [4.69, 9.17) is 4.74 Å². The Morgan fingerprint density at radius 2 is 1.94 bits per heavy atom. The van der Waals surface area contributed by atoms with Crippen molar-refractivity contribution in [3.8, 4) is 5.75 Å². The van der Waals surface area contributed by atoms with Gasteiger partial charge in [0.25, 0.3) is 0 Å². The fourth-order valence-electron chi connectivity index (χ4n) is 4.24. The summed E-state index contributed by atoms with van der Waals surface area (Å²) in [5.74, 6) is 0.317. The van der Waals surface area contributed by atoms with E-state index in [1.807, 2.05) is 37.3 Å². The molecule has 168 valence electrons. The van der Waals surface area contributed by atoms with E-state index >= 15 is 0 Å². The number of amides is 1. The second-order valence-electron chi connectivity index (χ2n) is 8.09. The van der Waals surface area contributed by atoms with Gasteiger partial charge in [0.05, 0.1) is 17.7 Å². The highest BCUT2D eigenvalue weighted by atomic mass is 32.2. The van der Waals surface area contributed by atoms with Crippen LogP contribution in [0.25, 0.3) is 10.9 Å². The number of rotatable bonds is 6. The Balaban J connectivity index is 1.59. The molecule has 32 heavy (non-hydrogen) atoms. The number of carbonyl (C=O) groups excluding carboxylic acids is 1. The molecule has 0 bridgehead atoms. The number of hydrogen-bond acceptors (Lipinski definition) is 6. The van der Waals surface area contributed by atoms with Gasteiger partial charge in [-0.25, -0.2) is 8.42 Å². The number of sulfone groups is 1. The third kappa shape index (κ3) is 4.20. The Morgan fingerprint density at radius 3 is 2.66 bits per heavy atom. The lowest BCUT2D eigenvalue weighted by Gasteiger charge is -2.37. The van der Waals surface area contributed by atoms with Crippen molar-refractivity contribution in [2.75, 3.05) is 25.9 Å². The summed E-state index contributed by atoms with van der Waals surface area (Å²) in [6.45, 7) is 2.91. The first-order valence-electron chi connectivity index (χ1n) is 10.6.